The molecule has 0 aliphatic heterocycles. The van der Waals surface area contributed by atoms with Crippen molar-refractivity contribution in [3.63, 3.8) is 0 Å². The lowest BCUT2D eigenvalue weighted by molar-refractivity contribution is 0.175. The van der Waals surface area contributed by atoms with Gasteiger partial charge in [-0.25, -0.2) is 18.2 Å². The summed E-state index contributed by atoms with van der Waals surface area (Å²) < 4.78 is 46.2. The molecular weight excluding hydrogens is 419 g/mol. The molecule has 0 saturated carbocycles. The number of nitrogens with two attached hydrogens (primary N) is 1. The monoisotopic (exact) mass is 435 g/mol. The van der Waals surface area contributed by atoms with Gasteiger partial charge in [-0.3, -0.25) is 9.13 Å². The van der Waals surface area contributed by atoms with Gasteiger partial charge in [0.1, 0.15) is 12.2 Å². The number of nitrogen functional groups attached to an aromatic ring is 1. The van der Waals surface area contributed by atoms with Gasteiger partial charge in [-0.2, -0.15) is 9.29 Å². The maximum Gasteiger partial charge on any atom is 0.488 e. The maximum atomic E-state index is 11.5. The summed E-state index contributed by atoms with van der Waals surface area (Å²) in [7, 11) is -15.7. The lowest BCUT2D eigenvalue weighted by atomic mass is 10.5. The van der Waals surface area contributed by atoms with Crippen LogP contribution in [-0.2, 0) is 33.6 Å². The summed E-state index contributed by atoms with van der Waals surface area (Å²) in [6, 6.07) is 1.41. The third-order valence-electron chi connectivity index (χ3n) is 2.27. The smallest absolute Gasteiger partial charge is 0.383 e. The number of rotatable bonds is 10. The SMILES string of the molecule is Nc1ccn(C/C=C\COCP(=O)(O)OP(=O)(O)OP(=O)(O)O)c(=O)n1. The van der Waals surface area contributed by atoms with E-state index in [0.29, 0.717) is 0 Å². The first-order valence-corrected chi connectivity index (χ1v) is 11.3. The van der Waals surface area contributed by atoms with E-state index in [2.05, 4.69) is 13.6 Å². The molecule has 6 N–H and O–H groups in total. The Morgan fingerprint density at radius 3 is 2.38 bits per heavy atom. The third kappa shape index (κ3) is 9.51. The highest BCUT2D eigenvalue weighted by atomic mass is 31.3. The Hall–Kier alpha value is -1.17. The number of allylic oxidation sites excluding steroid dienone is 1. The minimum Gasteiger partial charge on any atom is -0.383 e. The van der Waals surface area contributed by atoms with Crippen molar-refractivity contribution in [1.82, 2.24) is 9.55 Å². The van der Waals surface area contributed by atoms with E-state index < -0.39 is 35.3 Å². The molecule has 2 unspecified atom stereocenters. The first-order valence-electron chi connectivity index (χ1n) is 6.48. The van der Waals surface area contributed by atoms with Crippen molar-refractivity contribution in [2.45, 2.75) is 6.54 Å². The van der Waals surface area contributed by atoms with Crippen LogP contribution in [0.1, 0.15) is 0 Å². The lowest BCUT2D eigenvalue weighted by Gasteiger charge is -2.16. The lowest BCUT2D eigenvalue weighted by Crippen LogP contribution is -2.22. The van der Waals surface area contributed by atoms with Crippen LogP contribution >= 0.6 is 23.2 Å². The summed E-state index contributed by atoms with van der Waals surface area (Å²) in [5.41, 5.74) is 4.75. The molecule has 17 heteroatoms. The van der Waals surface area contributed by atoms with Crippen molar-refractivity contribution in [3.05, 3.63) is 34.9 Å². The van der Waals surface area contributed by atoms with Crippen molar-refractivity contribution in [2.24, 2.45) is 0 Å². The van der Waals surface area contributed by atoms with Crippen LogP contribution in [0.4, 0.5) is 5.82 Å². The molecular formula is C9H16N3O11P3. The Kier molecular flexibility index (Phi) is 8.05. The van der Waals surface area contributed by atoms with E-state index in [0.717, 1.165) is 0 Å². The summed E-state index contributed by atoms with van der Waals surface area (Å²) in [5, 5.41) is 0. The number of hydrogen-bond acceptors (Lipinski definition) is 9. The molecule has 2 atom stereocenters. The first kappa shape index (κ1) is 22.9. The summed E-state index contributed by atoms with van der Waals surface area (Å²) >= 11 is 0. The number of phosphoric acid groups is 2. The number of aromatic nitrogens is 2. The van der Waals surface area contributed by atoms with E-state index in [4.69, 9.17) is 25.2 Å². The van der Waals surface area contributed by atoms with Gasteiger partial charge in [0.05, 0.1) is 6.61 Å². The van der Waals surface area contributed by atoms with Gasteiger partial charge in [0.2, 0.25) is 0 Å². The maximum absolute atomic E-state index is 11.5. The molecule has 14 nitrogen and oxygen atoms in total. The fraction of sp³-hybridized carbons (Fsp3) is 0.333. The second kappa shape index (κ2) is 9.16. The van der Waals surface area contributed by atoms with Crippen molar-refractivity contribution in [2.75, 3.05) is 18.7 Å². The van der Waals surface area contributed by atoms with Crippen LogP contribution in [0.25, 0.3) is 0 Å². The normalized spacial score (nSPS) is 17.1. The van der Waals surface area contributed by atoms with Gasteiger partial charge in [0.25, 0.3) is 0 Å². The molecule has 0 bridgehead atoms. The molecule has 148 valence electrons. The molecule has 1 aromatic rings. The zero-order valence-electron chi connectivity index (χ0n) is 12.9. The van der Waals surface area contributed by atoms with Crippen LogP contribution in [0.5, 0.6) is 0 Å². The van der Waals surface area contributed by atoms with Crippen LogP contribution in [-0.4, -0.2) is 42.1 Å². The van der Waals surface area contributed by atoms with E-state index >= 15 is 0 Å². The van der Waals surface area contributed by atoms with Gasteiger partial charge in [-0.1, -0.05) is 12.2 Å². The Morgan fingerprint density at radius 2 is 1.81 bits per heavy atom. The van der Waals surface area contributed by atoms with E-state index in [-0.39, 0.29) is 19.0 Å². The zero-order chi connectivity index (χ0) is 20.0. The van der Waals surface area contributed by atoms with Crippen molar-refractivity contribution in [3.8, 4) is 0 Å². The zero-order valence-corrected chi connectivity index (χ0v) is 15.6. The molecule has 1 rings (SSSR count). The average molecular weight is 435 g/mol. The minimum atomic E-state index is -5.48. The molecule has 0 spiro atoms. The molecule has 1 aromatic heterocycles. The van der Waals surface area contributed by atoms with E-state index in [9.17, 15) is 23.4 Å². The van der Waals surface area contributed by atoms with Gasteiger partial charge in [-0.05, 0) is 6.07 Å². The topological polar surface area (TPSA) is 221 Å². The molecule has 0 aliphatic carbocycles. The van der Waals surface area contributed by atoms with Gasteiger partial charge in [0, 0.05) is 12.7 Å². The number of anilines is 1. The molecule has 0 amide bonds. The Balaban J connectivity index is 2.44. The molecule has 0 aliphatic rings. The van der Waals surface area contributed by atoms with E-state index in [1.807, 2.05) is 0 Å². The molecule has 0 radical (unpaired) electrons. The van der Waals surface area contributed by atoms with Crippen LogP contribution < -0.4 is 11.4 Å². The number of ether oxygens (including phenoxy) is 1. The summed E-state index contributed by atoms with van der Waals surface area (Å²) in [6.45, 7) is -0.120. The molecule has 0 saturated heterocycles. The molecule has 26 heavy (non-hydrogen) atoms. The highest BCUT2D eigenvalue weighted by Gasteiger charge is 2.39. The quantitative estimate of drug-likeness (QED) is 0.182. The fourth-order valence-electron chi connectivity index (χ4n) is 1.41. The minimum absolute atomic E-state index is 0.0705. The second-order valence-electron chi connectivity index (χ2n) is 4.52. The predicted octanol–water partition coefficient (Wildman–Crippen LogP) is -0.233. The van der Waals surface area contributed by atoms with E-state index in [1.165, 1.54) is 29.0 Å². The van der Waals surface area contributed by atoms with E-state index in [1.54, 1.807) is 0 Å². The van der Waals surface area contributed by atoms with Gasteiger partial charge in [0.15, 0.2) is 0 Å². The summed E-state index contributed by atoms with van der Waals surface area (Å²) in [5.74, 6) is 0.0705. The molecule has 1 heterocycles. The van der Waals surface area contributed by atoms with Crippen LogP contribution in [0.2, 0.25) is 0 Å². The Morgan fingerprint density at radius 1 is 1.15 bits per heavy atom. The van der Waals surface area contributed by atoms with Crippen LogP contribution in [0.3, 0.4) is 0 Å². The largest absolute Gasteiger partial charge is 0.488 e. The average Bonchev–Trinajstić information content (AvgIpc) is 2.40. The van der Waals surface area contributed by atoms with Gasteiger partial charge < -0.3 is 30.0 Å². The second-order valence-corrected chi connectivity index (χ2v) is 9.28. The first-order chi connectivity index (χ1) is 11.8. The van der Waals surface area contributed by atoms with Crippen molar-refractivity contribution >= 4 is 29.1 Å². The molecule has 0 aromatic carbocycles. The fourth-order valence-corrected chi connectivity index (χ4v) is 4.68. The summed E-state index contributed by atoms with van der Waals surface area (Å²) in [6.07, 6.45) is 3.19. The van der Waals surface area contributed by atoms with Crippen molar-refractivity contribution < 1.29 is 46.6 Å². The van der Waals surface area contributed by atoms with Crippen LogP contribution in [0, 0.1) is 0 Å². The summed E-state index contributed by atoms with van der Waals surface area (Å²) in [4.78, 5) is 50.0. The standard InChI is InChI=1S/C9H16N3O11P3/c10-8-3-5-12(9(13)11-8)4-1-2-6-21-7-24(14,15)22-26(19,20)23-25(16,17)18/h1-3,5H,4,6-7H2,(H,14,15)(H,19,20)(H2,10,11,13)(H2,16,17,18)/b2-1-. The third-order valence-corrected chi connectivity index (χ3v) is 6.30. The number of nitrogens with zero attached hydrogens (tertiary/aromatic N) is 2. The van der Waals surface area contributed by atoms with Crippen LogP contribution in [0.15, 0.2) is 29.2 Å². The van der Waals surface area contributed by atoms with Crippen molar-refractivity contribution in [1.29, 1.82) is 0 Å². The Labute approximate surface area is 146 Å². The number of hydrogen-bond donors (Lipinski definition) is 5. The van der Waals surface area contributed by atoms with Gasteiger partial charge in [-0.15, -0.1) is 0 Å². The Bertz CT molecular complexity index is 847. The predicted molar refractivity (Wildman–Crippen MR) is 86.7 cm³/mol. The highest BCUT2D eigenvalue weighted by molar-refractivity contribution is 7.68. The molecule has 0 fully saturated rings. The highest BCUT2D eigenvalue weighted by Crippen LogP contribution is 2.65. The van der Waals surface area contributed by atoms with Gasteiger partial charge >= 0.3 is 28.9 Å².